The summed E-state index contributed by atoms with van der Waals surface area (Å²) >= 11 is 2.16. The highest BCUT2D eigenvalue weighted by Crippen LogP contribution is 2.18. The zero-order valence-electron chi connectivity index (χ0n) is 10.3. The lowest BCUT2D eigenvalue weighted by Crippen LogP contribution is -2.23. The number of amides is 1. The summed E-state index contributed by atoms with van der Waals surface area (Å²) in [5.74, 6) is 0.283. The molecule has 1 N–H and O–H groups in total. The van der Waals surface area contributed by atoms with E-state index in [1.165, 1.54) is 7.11 Å². The first-order valence-corrected chi connectivity index (χ1v) is 6.79. The summed E-state index contributed by atoms with van der Waals surface area (Å²) in [4.78, 5) is 16.3. The van der Waals surface area contributed by atoms with Crippen LogP contribution in [0.25, 0.3) is 0 Å². The Morgan fingerprint density at radius 3 is 2.58 bits per heavy atom. The van der Waals surface area contributed by atoms with Gasteiger partial charge in [0.2, 0.25) is 0 Å². The minimum atomic E-state index is -0.637. The fourth-order valence-electron chi connectivity index (χ4n) is 1.66. The highest BCUT2D eigenvalue weighted by Gasteiger charge is 2.20. The molecule has 0 bridgehead atoms. The van der Waals surface area contributed by atoms with Crippen LogP contribution in [0.1, 0.15) is 11.7 Å². The van der Waals surface area contributed by atoms with E-state index in [1.807, 2.05) is 36.4 Å². The van der Waals surface area contributed by atoms with Gasteiger partial charge in [0.1, 0.15) is 5.82 Å². The maximum Gasteiger partial charge on any atom is 0.259 e. The van der Waals surface area contributed by atoms with E-state index in [2.05, 4.69) is 32.9 Å². The molecule has 1 aromatic carbocycles. The molecule has 0 saturated carbocycles. The monoisotopic (exact) mass is 368 g/mol. The van der Waals surface area contributed by atoms with Gasteiger partial charge in [-0.05, 0) is 40.3 Å². The van der Waals surface area contributed by atoms with E-state index < -0.39 is 6.10 Å². The fraction of sp³-hybridized carbons (Fsp3) is 0.143. The number of hydrogen-bond donors (Lipinski definition) is 1. The Bertz CT molecular complexity index is 543. The van der Waals surface area contributed by atoms with Gasteiger partial charge in [0.05, 0.1) is 0 Å². The molecule has 0 fully saturated rings. The van der Waals surface area contributed by atoms with Crippen molar-refractivity contribution in [1.82, 2.24) is 4.98 Å². The zero-order chi connectivity index (χ0) is 13.7. The maximum atomic E-state index is 12.2. The maximum absolute atomic E-state index is 12.2. The van der Waals surface area contributed by atoms with Gasteiger partial charge in [-0.2, -0.15) is 0 Å². The van der Waals surface area contributed by atoms with Gasteiger partial charge in [0.15, 0.2) is 6.10 Å². The second-order valence-corrected chi connectivity index (χ2v) is 5.12. The van der Waals surface area contributed by atoms with Crippen LogP contribution in [-0.4, -0.2) is 18.0 Å². The first-order chi connectivity index (χ1) is 9.20. The molecule has 4 nitrogen and oxygen atoms in total. The molecule has 0 aliphatic heterocycles. The first kappa shape index (κ1) is 14.0. The minimum absolute atomic E-state index is 0.234. The highest BCUT2D eigenvalue weighted by atomic mass is 127. The molecule has 0 radical (unpaired) electrons. The van der Waals surface area contributed by atoms with Crippen molar-refractivity contribution in [1.29, 1.82) is 0 Å². The van der Waals surface area contributed by atoms with E-state index in [0.29, 0.717) is 5.82 Å². The van der Waals surface area contributed by atoms with Crippen LogP contribution < -0.4 is 5.32 Å². The van der Waals surface area contributed by atoms with Gasteiger partial charge in [-0.25, -0.2) is 4.98 Å². The molecule has 0 aliphatic rings. The van der Waals surface area contributed by atoms with Crippen molar-refractivity contribution in [2.75, 3.05) is 12.4 Å². The molecule has 0 spiro atoms. The second-order valence-electron chi connectivity index (χ2n) is 3.88. The Kier molecular flexibility index (Phi) is 4.86. The molecule has 1 unspecified atom stereocenters. The summed E-state index contributed by atoms with van der Waals surface area (Å²) in [6.45, 7) is 0. The molecule has 1 aromatic heterocycles. The van der Waals surface area contributed by atoms with Crippen LogP contribution in [0.4, 0.5) is 5.82 Å². The molecule has 2 rings (SSSR count). The number of hydrogen-bond acceptors (Lipinski definition) is 3. The number of carbonyl (C=O) groups excluding carboxylic acids is 1. The SMILES string of the molecule is COC(C(=O)Nc1ccc(I)cn1)c1ccccc1. The Balaban J connectivity index is 2.11. The number of nitrogens with zero attached hydrogens (tertiary/aromatic N) is 1. The van der Waals surface area contributed by atoms with Gasteiger partial charge in [-0.1, -0.05) is 30.3 Å². The molecule has 0 aliphatic carbocycles. The first-order valence-electron chi connectivity index (χ1n) is 5.71. The normalized spacial score (nSPS) is 11.9. The number of benzene rings is 1. The number of anilines is 1. The van der Waals surface area contributed by atoms with Crippen molar-refractivity contribution >= 4 is 34.3 Å². The van der Waals surface area contributed by atoms with Gasteiger partial charge in [0, 0.05) is 16.9 Å². The molecule has 0 saturated heterocycles. The molecular formula is C14H13IN2O2. The van der Waals surface area contributed by atoms with E-state index >= 15 is 0 Å². The lowest BCUT2D eigenvalue weighted by Gasteiger charge is -2.15. The largest absolute Gasteiger partial charge is 0.367 e. The molecule has 98 valence electrons. The molecule has 1 heterocycles. The smallest absolute Gasteiger partial charge is 0.259 e. The summed E-state index contributed by atoms with van der Waals surface area (Å²) in [6, 6.07) is 13.0. The van der Waals surface area contributed by atoms with E-state index in [0.717, 1.165) is 9.13 Å². The topological polar surface area (TPSA) is 51.2 Å². The van der Waals surface area contributed by atoms with Crippen molar-refractivity contribution in [2.24, 2.45) is 0 Å². The average molecular weight is 368 g/mol. The van der Waals surface area contributed by atoms with E-state index in [9.17, 15) is 4.79 Å². The summed E-state index contributed by atoms with van der Waals surface area (Å²) in [5.41, 5.74) is 0.813. The number of halogens is 1. The lowest BCUT2D eigenvalue weighted by molar-refractivity contribution is -0.126. The Morgan fingerprint density at radius 2 is 2.00 bits per heavy atom. The number of methoxy groups -OCH3 is 1. The fourth-order valence-corrected chi connectivity index (χ4v) is 1.98. The van der Waals surface area contributed by atoms with Crippen molar-refractivity contribution < 1.29 is 9.53 Å². The lowest BCUT2D eigenvalue weighted by atomic mass is 10.1. The molecule has 19 heavy (non-hydrogen) atoms. The minimum Gasteiger partial charge on any atom is -0.367 e. The summed E-state index contributed by atoms with van der Waals surface area (Å²) in [7, 11) is 1.51. The van der Waals surface area contributed by atoms with Crippen molar-refractivity contribution in [3.8, 4) is 0 Å². The Labute approximate surface area is 125 Å². The summed E-state index contributed by atoms with van der Waals surface area (Å²) in [5, 5.41) is 2.74. The number of nitrogens with one attached hydrogen (secondary N) is 1. The van der Waals surface area contributed by atoms with Crippen LogP contribution in [0.5, 0.6) is 0 Å². The number of rotatable bonds is 4. The second kappa shape index (κ2) is 6.63. The van der Waals surface area contributed by atoms with E-state index in [1.54, 1.807) is 12.3 Å². The molecule has 1 atom stereocenters. The summed E-state index contributed by atoms with van der Waals surface area (Å²) < 4.78 is 6.27. The third kappa shape index (κ3) is 3.74. The number of ether oxygens (including phenoxy) is 1. The van der Waals surface area contributed by atoms with Crippen LogP contribution in [-0.2, 0) is 9.53 Å². The summed E-state index contributed by atoms with van der Waals surface area (Å²) in [6.07, 6.45) is 1.06. The third-order valence-corrected chi connectivity index (χ3v) is 3.19. The standard InChI is InChI=1S/C14H13IN2O2/c1-19-13(10-5-3-2-4-6-10)14(18)17-12-8-7-11(15)9-16-12/h2-9,13H,1H3,(H,16,17,18). The quantitative estimate of drug-likeness (QED) is 0.845. The van der Waals surface area contributed by atoms with Crippen LogP contribution >= 0.6 is 22.6 Å². The molecular weight excluding hydrogens is 355 g/mol. The van der Waals surface area contributed by atoms with E-state index in [-0.39, 0.29) is 5.91 Å². The Hall–Kier alpha value is -1.47. The van der Waals surface area contributed by atoms with Gasteiger partial charge in [-0.3, -0.25) is 4.79 Å². The van der Waals surface area contributed by atoms with Crippen LogP contribution in [0.3, 0.4) is 0 Å². The molecule has 5 heteroatoms. The third-order valence-electron chi connectivity index (χ3n) is 2.55. The van der Waals surface area contributed by atoms with Gasteiger partial charge in [-0.15, -0.1) is 0 Å². The van der Waals surface area contributed by atoms with Crippen molar-refractivity contribution in [3.63, 3.8) is 0 Å². The molecule has 1 amide bonds. The Morgan fingerprint density at radius 1 is 1.26 bits per heavy atom. The average Bonchev–Trinajstić information content (AvgIpc) is 2.43. The van der Waals surface area contributed by atoms with Gasteiger partial charge in [0.25, 0.3) is 5.91 Å². The number of carbonyl (C=O) groups is 1. The molecule has 2 aromatic rings. The van der Waals surface area contributed by atoms with Crippen molar-refractivity contribution in [2.45, 2.75) is 6.10 Å². The van der Waals surface area contributed by atoms with Crippen LogP contribution in [0, 0.1) is 3.57 Å². The van der Waals surface area contributed by atoms with Crippen LogP contribution in [0.2, 0.25) is 0 Å². The predicted molar refractivity (Wildman–Crippen MR) is 81.8 cm³/mol. The van der Waals surface area contributed by atoms with Gasteiger partial charge < -0.3 is 10.1 Å². The van der Waals surface area contributed by atoms with Gasteiger partial charge >= 0.3 is 0 Å². The van der Waals surface area contributed by atoms with E-state index in [4.69, 9.17) is 4.74 Å². The zero-order valence-corrected chi connectivity index (χ0v) is 12.5. The number of aromatic nitrogens is 1. The van der Waals surface area contributed by atoms with Crippen molar-refractivity contribution in [3.05, 3.63) is 57.8 Å². The predicted octanol–water partition coefficient (Wildman–Crippen LogP) is 3.01. The van der Waals surface area contributed by atoms with Crippen LogP contribution in [0.15, 0.2) is 48.7 Å². The number of pyridine rings is 1. The highest BCUT2D eigenvalue weighted by molar-refractivity contribution is 14.1.